The quantitative estimate of drug-likeness (QED) is 0.424. The van der Waals surface area contributed by atoms with E-state index in [2.05, 4.69) is 0 Å². The number of hydrogen-bond acceptors (Lipinski definition) is 4. The van der Waals surface area contributed by atoms with Crippen molar-refractivity contribution in [2.45, 2.75) is 18.9 Å². The van der Waals surface area contributed by atoms with Gasteiger partial charge in [0.05, 0.1) is 0 Å². The Labute approximate surface area is 95.5 Å². The molecule has 0 aromatic rings. The van der Waals surface area contributed by atoms with E-state index in [1.165, 1.54) is 0 Å². The fourth-order valence-electron chi connectivity index (χ4n) is 0.892. The summed E-state index contributed by atoms with van der Waals surface area (Å²) in [7, 11) is 0. The molecule has 0 aromatic heterocycles. The minimum Gasteiger partial charge on any atom is -0.481 e. The van der Waals surface area contributed by atoms with Crippen LogP contribution >= 0.6 is 0 Å². The second-order valence-corrected chi connectivity index (χ2v) is 3.00. The average Bonchev–Trinajstić information content (AvgIpc) is 2.20. The van der Waals surface area contributed by atoms with E-state index < -0.39 is 36.3 Å². The molecule has 0 heterocycles. The highest BCUT2D eigenvalue weighted by atomic mass is 16.4. The molecule has 0 rings (SSSR count). The lowest BCUT2D eigenvalue weighted by Crippen LogP contribution is -2.40. The number of carboxylic acids is 3. The number of carboxylic acid groups (broad SMARTS) is 3. The van der Waals surface area contributed by atoms with E-state index in [4.69, 9.17) is 15.3 Å². The molecular weight excluding hydrogens is 234 g/mol. The van der Waals surface area contributed by atoms with Crippen molar-refractivity contribution in [3.63, 3.8) is 0 Å². The molecule has 1 amide bonds. The van der Waals surface area contributed by atoms with Gasteiger partial charge >= 0.3 is 17.9 Å². The normalized spacial score (nSPS) is 12.0. The number of aliphatic carboxylic acids is 3. The highest BCUT2D eigenvalue weighted by Gasteiger charge is 2.19. The second kappa shape index (κ2) is 6.99. The van der Waals surface area contributed by atoms with Crippen LogP contribution in [-0.4, -0.2) is 45.2 Å². The predicted molar refractivity (Wildman–Crippen MR) is 53.2 cm³/mol. The summed E-state index contributed by atoms with van der Waals surface area (Å²) in [5.41, 5.74) is 0. The maximum atomic E-state index is 11.0. The first kappa shape index (κ1) is 14.6. The van der Waals surface area contributed by atoms with E-state index in [9.17, 15) is 19.2 Å². The third kappa shape index (κ3) is 7.54. The van der Waals surface area contributed by atoms with E-state index in [-0.39, 0.29) is 6.42 Å². The van der Waals surface area contributed by atoms with Crippen molar-refractivity contribution in [1.29, 1.82) is 0 Å². The van der Waals surface area contributed by atoms with Gasteiger partial charge in [0.15, 0.2) is 0 Å². The number of carbonyl (C=O) groups excluding carboxylic acids is 1. The summed E-state index contributed by atoms with van der Waals surface area (Å²) < 4.78 is 0. The van der Waals surface area contributed by atoms with Crippen LogP contribution in [0.3, 0.4) is 0 Å². The first-order chi connectivity index (χ1) is 7.82. The highest BCUT2D eigenvalue weighted by Crippen LogP contribution is 1.98. The SMILES string of the molecule is O=C(O)C=CC(=O)NC(CCC(=O)O)C(=O)O. The zero-order valence-corrected chi connectivity index (χ0v) is 8.62. The summed E-state index contributed by atoms with van der Waals surface area (Å²) in [6, 6.07) is -1.36. The molecule has 8 nitrogen and oxygen atoms in total. The number of amides is 1. The molecule has 8 heteroatoms. The largest absolute Gasteiger partial charge is 0.481 e. The smallest absolute Gasteiger partial charge is 0.328 e. The van der Waals surface area contributed by atoms with Gasteiger partial charge < -0.3 is 20.6 Å². The first-order valence-corrected chi connectivity index (χ1v) is 4.49. The fourth-order valence-corrected chi connectivity index (χ4v) is 0.892. The molecule has 94 valence electrons. The molecule has 0 aliphatic carbocycles. The molecule has 1 unspecified atom stereocenters. The van der Waals surface area contributed by atoms with E-state index in [1.807, 2.05) is 5.32 Å². The minimum absolute atomic E-state index is 0.280. The van der Waals surface area contributed by atoms with Crippen LogP contribution in [0.25, 0.3) is 0 Å². The van der Waals surface area contributed by atoms with E-state index in [0.29, 0.717) is 12.2 Å². The number of rotatable bonds is 7. The van der Waals surface area contributed by atoms with Crippen LogP contribution in [0.15, 0.2) is 12.2 Å². The lowest BCUT2D eigenvalue weighted by atomic mass is 10.1. The fraction of sp³-hybridized carbons (Fsp3) is 0.333. The Bertz CT molecular complexity index is 360. The van der Waals surface area contributed by atoms with Crippen molar-refractivity contribution in [3.8, 4) is 0 Å². The Morgan fingerprint density at radius 3 is 2.06 bits per heavy atom. The maximum absolute atomic E-state index is 11.0. The van der Waals surface area contributed by atoms with Crippen LogP contribution in [0.4, 0.5) is 0 Å². The first-order valence-electron chi connectivity index (χ1n) is 4.49. The van der Waals surface area contributed by atoms with Crippen LogP contribution in [0.5, 0.6) is 0 Å². The van der Waals surface area contributed by atoms with Gasteiger partial charge in [-0.25, -0.2) is 9.59 Å². The maximum Gasteiger partial charge on any atom is 0.328 e. The van der Waals surface area contributed by atoms with Gasteiger partial charge in [-0.05, 0) is 6.42 Å². The van der Waals surface area contributed by atoms with Crippen molar-refractivity contribution < 1.29 is 34.5 Å². The third-order valence-corrected chi connectivity index (χ3v) is 1.64. The Balaban J connectivity index is 4.34. The second-order valence-electron chi connectivity index (χ2n) is 3.00. The van der Waals surface area contributed by atoms with Crippen LogP contribution in [0.1, 0.15) is 12.8 Å². The molecule has 0 spiro atoms. The molecule has 4 N–H and O–H groups in total. The molecule has 0 aliphatic heterocycles. The predicted octanol–water partition coefficient (Wildman–Crippen LogP) is -0.939. The molecule has 0 radical (unpaired) electrons. The van der Waals surface area contributed by atoms with Crippen molar-refractivity contribution in [2.75, 3.05) is 0 Å². The van der Waals surface area contributed by atoms with Crippen molar-refractivity contribution in [2.24, 2.45) is 0 Å². The Morgan fingerprint density at radius 2 is 1.65 bits per heavy atom. The summed E-state index contributed by atoms with van der Waals surface area (Å²) in [5, 5.41) is 27.2. The standard InChI is InChI=1S/C9H11NO7/c11-6(2-4-8(14)15)10-5(9(16)17)1-3-7(12)13/h2,4-5H,1,3H2,(H,10,11)(H,12,13)(H,14,15)(H,16,17). The molecular formula is C9H11NO7. The summed E-state index contributed by atoms with van der Waals surface area (Å²) in [4.78, 5) is 42.0. The minimum atomic E-state index is -1.39. The highest BCUT2D eigenvalue weighted by molar-refractivity contribution is 5.95. The number of carbonyl (C=O) groups is 4. The van der Waals surface area contributed by atoms with Gasteiger partial charge in [-0.1, -0.05) is 0 Å². The van der Waals surface area contributed by atoms with Gasteiger partial charge in [0, 0.05) is 18.6 Å². The summed E-state index contributed by atoms with van der Waals surface area (Å²) in [6.07, 6.45) is 0.502. The monoisotopic (exact) mass is 245 g/mol. The van der Waals surface area contributed by atoms with Crippen LogP contribution in [0, 0.1) is 0 Å². The average molecular weight is 245 g/mol. The van der Waals surface area contributed by atoms with E-state index in [0.717, 1.165) is 0 Å². The molecule has 0 bridgehead atoms. The van der Waals surface area contributed by atoms with Crippen LogP contribution in [0.2, 0.25) is 0 Å². The third-order valence-electron chi connectivity index (χ3n) is 1.64. The zero-order valence-electron chi connectivity index (χ0n) is 8.62. The van der Waals surface area contributed by atoms with Crippen LogP contribution in [-0.2, 0) is 19.2 Å². The molecule has 0 saturated heterocycles. The molecule has 1 atom stereocenters. The van der Waals surface area contributed by atoms with Crippen molar-refractivity contribution >= 4 is 23.8 Å². The lowest BCUT2D eigenvalue weighted by Gasteiger charge is -2.11. The molecule has 0 saturated carbocycles. The Morgan fingerprint density at radius 1 is 1.06 bits per heavy atom. The summed E-state index contributed by atoms with van der Waals surface area (Å²) in [6.45, 7) is 0. The number of hydrogen-bond donors (Lipinski definition) is 4. The van der Waals surface area contributed by atoms with E-state index in [1.54, 1.807) is 0 Å². The van der Waals surface area contributed by atoms with Gasteiger partial charge in [0.2, 0.25) is 5.91 Å². The van der Waals surface area contributed by atoms with Gasteiger partial charge in [0.1, 0.15) is 6.04 Å². The topological polar surface area (TPSA) is 141 Å². The lowest BCUT2D eigenvalue weighted by molar-refractivity contribution is -0.142. The van der Waals surface area contributed by atoms with Crippen molar-refractivity contribution in [3.05, 3.63) is 12.2 Å². The summed E-state index contributed by atoms with van der Waals surface area (Å²) in [5.74, 6) is -4.84. The van der Waals surface area contributed by atoms with Gasteiger partial charge in [-0.15, -0.1) is 0 Å². The Kier molecular flexibility index (Phi) is 6.01. The van der Waals surface area contributed by atoms with Gasteiger partial charge in [-0.2, -0.15) is 0 Å². The molecule has 0 fully saturated rings. The van der Waals surface area contributed by atoms with E-state index >= 15 is 0 Å². The zero-order chi connectivity index (χ0) is 13.4. The van der Waals surface area contributed by atoms with Crippen molar-refractivity contribution in [1.82, 2.24) is 5.32 Å². The molecule has 17 heavy (non-hydrogen) atoms. The molecule has 0 aromatic carbocycles. The van der Waals surface area contributed by atoms with Gasteiger partial charge in [0.25, 0.3) is 0 Å². The Hall–Kier alpha value is -2.38. The van der Waals surface area contributed by atoms with Crippen LogP contribution < -0.4 is 5.32 Å². The molecule has 0 aliphatic rings. The summed E-state index contributed by atoms with van der Waals surface area (Å²) >= 11 is 0. The van der Waals surface area contributed by atoms with Gasteiger partial charge in [-0.3, -0.25) is 9.59 Å². The number of nitrogens with one attached hydrogen (secondary N) is 1.